The lowest BCUT2D eigenvalue weighted by atomic mass is 9.90. The molecule has 0 spiro atoms. The second-order valence-corrected chi connectivity index (χ2v) is 6.83. The maximum absolute atomic E-state index is 11.8. The van der Waals surface area contributed by atoms with Crippen LogP contribution in [0.4, 0.5) is 5.69 Å². The topological polar surface area (TPSA) is 74.7 Å². The first-order valence-corrected chi connectivity index (χ1v) is 9.00. The number of anilines is 1. The van der Waals surface area contributed by atoms with Gasteiger partial charge in [0.2, 0.25) is 10.0 Å². The van der Waals surface area contributed by atoms with Gasteiger partial charge in [0.1, 0.15) is 0 Å². The van der Waals surface area contributed by atoms with Crippen molar-refractivity contribution in [2.24, 2.45) is 5.92 Å². The Morgan fingerprint density at radius 3 is 2.52 bits per heavy atom. The molecule has 0 aromatic heterocycles. The van der Waals surface area contributed by atoms with Gasteiger partial charge in [0.15, 0.2) is 0 Å². The molecule has 0 radical (unpaired) electrons. The van der Waals surface area contributed by atoms with Crippen LogP contribution in [0.15, 0.2) is 24.3 Å². The molecule has 1 atom stereocenters. The summed E-state index contributed by atoms with van der Waals surface area (Å²) >= 11 is 0. The van der Waals surface area contributed by atoms with E-state index in [4.69, 9.17) is 5.11 Å². The molecule has 1 N–H and O–H groups in total. The fourth-order valence-electron chi connectivity index (χ4n) is 2.47. The average Bonchev–Trinajstić information content (AvgIpc) is 2.45. The van der Waals surface area contributed by atoms with E-state index in [-0.39, 0.29) is 12.3 Å². The molecule has 1 aromatic carbocycles. The quantitative estimate of drug-likeness (QED) is 0.927. The first-order chi connectivity index (χ1) is 9.88. The van der Waals surface area contributed by atoms with Gasteiger partial charge in [-0.3, -0.25) is 9.10 Å². The number of hydrogen-bond donors (Lipinski definition) is 1. The van der Waals surface area contributed by atoms with E-state index >= 15 is 0 Å². The Balaban J connectivity index is 0.00000106. The van der Waals surface area contributed by atoms with Gasteiger partial charge in [-0.15, -0.1) is 0 Å². The Hall–Kier alpha value is -1.56. The molecule has 0 bridgehead atoms. The van der Waals surface area contributed by atoms with Gasteiger partial charge in [0, 0.05) is 13.0 Å². The Morgan fingerprint density at radius 2 is 1.95 bits per heavy atom. The maximum Gasteiger partial charge on any atom is 0.303 e. The van der Waals surface area contributed by atoms with Gasteiger partial charge in [-0.25, -0.2) is 8.42 Å². The molecule has 21 heavy (non-hydrogen) atoms. The van der Waals surface area contributed by atoms with Crippen LogP contribution >= 0.6 is 0 Å². The Labute approximate surface area is 126 Å². The molecule has 1 aliphatic rings. The van der Waals surface area contributed by atoms with Gasteiger partial charge >= 0.3 is 5.97 Å². The summed E-state index contributed by atoms with van der Waals surface area (Å²) in [6.45, 7) is 4.36. The van der Waals surface area contributed by atoms with Crippen LogP contribution in [0.2, 0.25) is 0 Å². The van der Waals surface area contributed by atoms with Crippen molar-refractivity contribution in [3.05, 3.63) is 29.8 Å². The largest absolute Gasteiger partial charge is 0.481 e. The van der Waals surface area contributed by atoms with Crippen molar-refractivity contribution in [2.75, 3.05) is 17.1 Å². The number of fused-ring (bicyclic) bond motifs is 1. The summed E-state index contributed by atoms with van der Waals surface area (Å²) < 4.78 is 25.1. The second-order valence-electron chi connectivity index (χ2n) is 4.93. The van der Waals surface area contributed by atoms with Crippen molar-refractivity contribution in [2.45, 2.75) is 33.1 Å². The fraction of sp³-hybridized carbons (Fsp3) is 0.533. The van der Waals surface area contributed by atoms with Gasteiger partial charge in [-0.2, -0.15) is 0 Å². The van der Waals surface area contributed by atoms with Crippen LogP contribution in [-0.2, 0) is 21.2 Å². The minimum Gasteiger partial charge on any atom is -0.481 e. The highest BCUT2D eigenvalue weighted by atomic mass is 32.2. The smallest absolute Gasteiger partial charge is 0.303 e. The van der Waals surface area contributed by atoms with Crippen LogP contribution in [0.1, 0.15) is 32.3 Å². The lowest BCUT2D eigenvalue weighted by Gasteiger charge is -2.34. The molecule has 2 rings (SSSR count). The molecule has 1 aliphatic heterocycles. The average molecular weight is 313 g/mol. The van der Waals surface area contributed by atoms with Crippen LogP contribution in [0.5, 0.6) is 0 Å². The van der Waals surface area contributed by atoms with E-state index < -0.39 is 16.0 Å². The maximum atomic E-state index is 11.8. The normalized spacial score (nSPS) is 17.5. The van der Waals surface area contributed by atoms with E-state index in [1.54, 1.807) is 6.07 Å². The van der Waals surface area contributed by atoms with Gasteiger partial charge in [-0.05, 0) is 30.4 Å². The number of carbonyl (C=O) groups is 1. The number of carboxylic acid groups (broad SMARTS) is 1. The van der Waals surface area contributed by atoms with Crippen molar-refractivity contribution < 1.29 is 18.3 Å². The number of para-hydroxylation sites is 1. The third-order valence-electron chi connectivity index (χ3n) is 3.36. The van der Waals surface area contributed by atoms with E-state index in [1.807, 2.05) is 32.0 Å². The van der Waals surface area contributed by atoms with Crippen LogP contribution in [0, 0.1) is 5.92 Å². The number of carboxylic acids is 1. The Kier molecular flexibility index (Phi) is 6.20. The molecular weight excluding hydrogens is 290 g/mol. The number of rotatable bonds is 4. The van der Waals surface area contributed by atoms with Crippen molar-refractivity contribution in [1.82, 2.24) is 0 Å². The molecule has 1 aromatic rings. The molecule has 0 unspecified atom stereocenters. The lowest BCUT2D eigenvalue weighted by molar-refractivity contribution is -0.137. The summed E-state index contributed by atoms with van der Waals surface area (Å²) in [5.41, 5.74) is 1.69. The zero-order valence-corrected chi connectivity index (χ0v) is 13.6. The minimum atomic E-state index is -3.32. The first-order valence-electron chi connectivity index (χ1n) is 7.15. The number of aliphatic carboxylic acids is 1. The van der Waals surface area contributed by atoms with Crippen LogP contribution in [-0.4, -0.2) is 32.3 Å². The fourth-order valence-corrected chi connectivity index (χ4v) is 3.49. The Morgan fingerprint density at radius 1 is 1.33 bits per heavy atom. The highest BCUT2D eigenvalue weighted by molar-refractivity contribution is 7.92. The highest BCUT2D eigenvalue weighted by Crippen LogP contribution is 2.32. The molecule has 1 heterocycles. The van der Waals surface area contributed by atoms with Gasteiger partial charge in [-0.1, -0.05) is 32.0 Å². The molecule has 0 aliphatic carbocycles. The van der Waals surface area contributed by atoms with Crippen LogP contribution in [0.3, 0.4) is 0 Å². The molecule has 5 nitrogen and oxygen atoms in total. The monoisotopic (exact) mass is 313 g/mol. The van der Waals surface area contributed by atoms with Gasteiger partial charge in [0.25, 0.3) is 0 Å². The summed E-state index contributed by atoms with van der Waals surface area (Å²) in [7, 11) is -3.32. The van der Waals surface area contributed by atoms with E-state index in [0.29, 0.717) is 13.0 Å². The predicted octanol–water partition coefficient (Wildman–Crippen LogP) is 2.52. The molecule has 0 amide bonds. The van der Waals surface area contributed by atoms with E-state index in [9.17, 15) is 13.2 Å². The van der Waals surface area contributed by atoms with Crippen LogP contribution in [0.25, 0.3) is 0 Å². The summed E-state index contributed by atoms with van der Waals surface area (Å²) in [6, 6.07) is 7.39. The lowest BCUT2D eigenvalue weighted by Crippen LogP contribution is -2.39. The zero-order valence-electron chi connectivity index (χ0n) is 12.7. The van der Waals surface area contributed by atoms with Crippen molar-refractivity contribution in [1.29, 1.82) is 0 Å². The predicted molar refractivity (Wildman–Crippen MR) is 84.0 cm³/mol. The third kappa shape index (κ3) is 4.74. The van der Waals surface area contributed by atoms with E-state index in [0.717, 1.165) is 17.7 Å². The number of benzene rings is 1. The number of nitrogens with zero attached hydrogens (tertiary/aromatic N) is 1. The molecule has 6 heteroatoms. The van der Waals surface area contributed by atoms with Gasteiger partial charge in [0.05, 0.1) is 11.9 Å². The van der Waals surface area contributed by atoms with Gasteiger partial charge < -0.3 is 5.11 Å². The van der Waals surface area contributed by atoms with E-state index in [1.165, 1.54) is 10.6 Å². The number of sulfonamides is 1. The number of hydrogen-bond acceptors (Lipinski definition) is 3. The molecule has 118 valence electrons. The standard InChI is InChI=1S/C13H17NO4S.C2H6/c1-19(17,18)14-9-10(6-7-13(15)16)8-11-4-2-3-5-12(11)14;1-2/h2-5,10H,6-9H2,1H3,(H,15,16);1-2H3/t10-;/m1./s1. The SMILES string of the molecule is CC.CS(=O)(=O)N1C[C@H](CCC(=O)O)Cc2ccccc21. The Bertz CT molecular complexity index is 583. The van der Waals surface area contributed by atoms with E-state index in [2.05, 4.69) is 0 Å². The highest BCUT2D eigenvalue weighted by Gasteiger charge is 2.29. The third-order valence-corrected chi connectivity index (χ3v) is 4.51. The summed E-state index contributed by atoms with van der Waals surface area (Å²) in [5.74, 6) is -0.787. The summed E-state index contributed by atoms with van der Waals surface area (Å²) in [6.07, 6.45) is 2.49. The van der Waals surface area contributed by atoms with Crippen molar-refractivity contribution in [3.8, 4) is 0 Å². The summed E-state index contributed by atoms with van der Waals surface area (Å²) in [5, 5.41) is 8.73. The second kappa shape index (κ2) is 7.45. The molecule has 0 fully saturated rings. The van der Waals surface area contributed by atoms with Crippen LogP contribution < -0.4 is 4.31 Å². The van der Waals surface area contributed by atoms with Crippen molar-refractivity contribution >= 4 is 21.7 Å². The molecule has 0 saturated carbocycles. The first kappa shape index (κ1) is 17.5. The summed E-state index contributed by atoms with van der Waals surface area (Å²) in [4.78, 5) is 10.6. The zero-order chi connectivity index (χ0) is 16.0. The van der Waals surface area contributed by atoms with Crippen molar-refractivity contribution in [3.63, 3.8) is 0 Å². The molecular formula is C15H23NO4S. The molecule has 0 saturated heterocycles. The minimum absolute atomic E-state index is 0.0562.